The standard InChI is InChI=1S/C11H14N4OS/c1-15-11(13-7-14-15)6-17-10-5-8(16-2)3-4-9(10)12/h3-5,7H,6,12H2,1-2H3. The van der Waals surface area contributed by atoms with Gasteiger partial charge in [0.15, 0.2) is 0 Å². The van der Waals surface area contributed by atoms with E-state index in [9.17, 15) is 0 Å². The first kappa shape index (κ1) is 11.8. The Kier molecular flexibility index (Phi) is 3.53. The highest BCUT2D eigenvalue weighted by Gasteiger charge is 2.05. The van der Waals surface area contributed by atoms with Crippen molar-refractivity contribution in [3.8, 4) is 5.75 Å². The van der Waals surface area contributed by atoms with Crippen molar-refractivity contribution in [2.75, 3.05) is 12.8 Å². The van der Waals surface area contributed by atoms with E-state index in [1.807, 2.05) is 25.2 Å². The van der Waals surface area contributed by atoms with Gasteiger partial charge >= 0.3 is 0 Å². The lowest BCUT2D eigenvalue weighted by Crippen LogP contribution is -1.98. The van der Waals surface area contributed by atoms with Crippen molar-refractivity contribution >= 4 is 17.4 Å². The number of ether oxygens (including phenoxy) is 1. The first-order valence-corrected chi connectivity index (χ1v) is 6.08. The van der Waals surface area contributed by atoms with E-state index >= 15 is 0 Å². The van der Waals surface area contributed by atoms with Crippen LogP contribution in [-0.2, 0) is 12.8 Å². The Morgan fingerprint density at radius 2 is 2.29 bits per heavy atom. The van der Waals surface area contributed by atoms with Crippen molar-refractivity contribution in [3.63, 3.8) is 0 Å². The van der Waals surface area contributed by atoms with Crippen LogP contribution in [0.1, 0.15) is 5.82 Å². The van der Waals surface area contributed by atoms with Gasteiger partial charge in [-0.3, -0.25) is 4.68 Å². The molecule has 90 valence electrons. The molecule has 1 aromatic heterocycles. The summed E-state index contributed by atoms with van der Waals surface area (Å²) in [6.07, 6.45) is 1.55. The molecule has 0 aliphatic carbocycles. The van der Waals surface area contributed by atoms with Crippen LogP contribution in [0.3, 0.4) is 0 Å². The van der Waals surface area contributed by atoms with Gasteiger partial charge in [-0.2, -0.15) is 5.10 Å². The predicted molar refractivity (Wildman–Crippen MR) is 68.0 cm³/mol. The Balaban J connectivity index is 2.11. The molecule has 6 heteroatoms. The molecular weight excluding hydrogens is 236 g/mol. The molecule has 2 aromatic rings. The predicted octanol–water partition coefficient (Wildman–Crippen LogP) is 1.70. The number of nitrogens with zero attached hydrogens (tertiary/aromatic N) is 3. The third-order valence-corrected chi connectivity index (χ3v) is 3.45. The monoisotopic (exact) mass is 250 g/mol. The fourth-order valence-corrected chi connectivity index (χ4v) is 2.34. The van der Waals surface area contributed by atoms with Gasteiger partial charge in [-0.15, -0.1) is 11.8 Å². The van der Waals surface area contributed by atoms with Gasteiger partial charge in [0.25, 0.3) is 0 Å². The summed E-state index contributed by atoms with van der Waals surface area (Å²) in [6, 6.07) is 5.62. The SMILES string of the molecule is COc1ccc(N)c(SCc2ncnn2C)c1. The maximum Gasteiger partial charge on any atom is 0.138 e. The molecule has 1 heterocycles. The number of methoxy groups -OCH3 is 1. The van der Waals surface area contributed by atoms with E-state index in [4.69, 9.17) is 10.5 Å². The number of nitrogen functional groups attached to an aromatic ring is 1. The minimum atomic E-state index is 0.730. The van der Waals surface area contributed by atoms with Crippen molar-refractivity contribution in [2.24, 2.45) is 7.05 Å². The molecule has 1 aromatic carbocycles. The molecule has 0 amide bonds. The van der Waals surface area contributed by atoms with Crippen LogP contribution < -0.4 is 10.5 Å². The highest BCUT2D eigenvalue weighted by Crippen LogP contribution is 2.30. The van der Waals surface area contributed by atoms with Crippen LogP contribution in [-0.4, -0.2) is 21.9 Å². The molecule has 0 unspecified atom stereocenters. The third kappa shape index (κ3) is 2.71. The average Bonchev–Trinajstić information content (AvgIpc) is 2.74. The molecule has 0 atom stereocenters. The summed E-state index contributed by atoms with van der Waals surface area (Å²) in [4.78, 5) is 5.15. The number of benzene rings is 1. The Hall–Kier alpha value is -1.69. The van der Waals surface area contributed by atoms with Gasteiger partial charge in [-0.25, -0.2) is 4.98 Å². The second kappa shape index (κ2) is 5.09. The highest BCUT2D eigenvalue weighted by atomic mass is 32.2. The molecule has 0 saturated carbocycles. The second-order valence-electron chi connectivity index (χ2n) is 3.49. The van der Waals surface area contributed by atoms with Gasteiger partial charge in [-0.05, 0) is 18.2 Å². The average molecular weight is 250 g/mol. The van der Waals surface area contributed by atoms with Crippen LogP contribution in [0, 0.1) is 0 Å². The highest BCUT2D eigenvalue weighted by molar-refractivity contribution is 7.98. The third-order valence-electron chi connectivity index (χ3n) is 2.38. The Bertz CT molecular complexity index is 512. The molecule has 0 bridgehead atoms. The molecule has 0 aliphatic rings. The molecule has 0 radical (unpaired) electrons. The van der Waals surface area contributed by atoms with E-state index < -0.39 is 0 Å². The minimum absolute atomic E-state index is 0.730. The van der Waals surface area contributed by atoms with Crippen LogP contribution in [0.2, 0.25) is 0 Å². The Labute approximate surface area is 104 Å². The normalized spacial score (nSPS) is 10.5. The molecule has 2 rings (SSSR count). The first-order chi connectivity index (χ1) is 8.20. The van der Waals surface area contributed by atoms with Gasteiger partial charge < -0.3 is 10.5 Å². The number of hydrogen-bond donors (Lipinski definition) is 1. The Morgan fingerprint density at radius 1 is 1.47 bits per heavy atom. The van der Waals surface area contributed by atoms with E-state index in [0.717, 1.165) is 27.9 Å². The second-order valence-corrected chi connectivity index (χ2v) is 4.51. The zero-order valence-electron chi connectivity index (χ0n) is 9.75. The molecule has 0 fully saturated rings. The number of nitrogens with two attached hydrogens (primary N) is 1. The quantitative estimate of drug-likeness (QED) is 0.661. The van der Waals surface area contributed by atoms with Crippen LogP contribution >= 0.6 is 11.8 Å². The first-order valence-electron chi connectivity index (χ1n) is 5.10. The van der Waals surface area contributed by atoms with Crippen molar-refractivity contribution in [1.29, 1.82) is 0 Å². The maximum absolute atomic E-state index is 5.90. The van der Waals surface area contributed by atoms with Crippen molar-refractivity contribution in [2.45, 2.75) is 10.6 Å². The molecule has 17 heavy (non-hydrogen) atoms. The number of thioether (sulfide) groups is 1. The molecule has 0 saturated heterocycles. The number of rotatable bonds is 4. The van der Waals surface area contributed by atoms with Crippen molar-refractivity contribution < 1.29 is 4.74 Å². The van der Waals surface area contributed by atoms with Gasteiger partial charge in [0.1, 0.15) is 17.9 Å². The molecular formula is C11H14N4OS. The van der Waals surface area contributed by atoms with Crippen molar-refractivity contribution in [3.05, 3.63) is 30.4 Å². The number of hydrogen-bond acceptors (Lipinski definition) is 5. The summed E-state index contributed by atoms with van der Waals surface area (Å²) in [7, 11) is 3.51. The number of aryl methyl sites for hydroxylation is 1. The van der Waals surface area contributed by atoms with Crippen LogP contribution in [0.25, 0.3) is 0 Å². The maximum atomic E-state index is 5.90. The van der Waals surface area contributed by atoms with E-state index in [1.54, 1.807) is 29.9 Å². The zero-order chi connectivity index (χ0) is 12.3. The van der Waals surface area contributed by atoms with Gasteiger partial charge in [0, 0.05) is 17.6 Å². The number of aromatic nitrogens is 3. The summed E-state index contributed by atoms with van der Waals surface area (Å²) in [5.41, 5.74) is 6.65. The lowest BCUT2D eigenvalue weighted by atomic mass is 10.3. The van der Waals surface area contributed by atoms with E-state index in [2.05, 4.69) is 10.1 Å². The lowest BCUT2D eigenvalue weighted by Gasteiger charge is -2.07. The van der Waals surface area contributed by atoms with Gasteiger partial charge in [-0.1, -0.05) is 0 Å². The van der Waals surface area contributed by atoms with Gasteiger partial charge in [0.05, 0.1) is 12.9 Å². The largest absolute Gasteiger partial charge is 0.497 e. The summed E-state index contributed by atoms with van der Waals surface area (Å²) in [5, 5.41) is 4.02. The lowest BCUT2D eigenvalue weighted by molar-refractivity contribution is 0.414. The molecule has 2 N–H and O–H groups in total. The van der Waals surface area contributed by atoms with E-state index in [0.29, 0.717) is 0 Å². The van der Waals surface area contributed by atoms with Crippen LogP contribution in [0.15, 0.2) is 29.4 Å². The fraction of sp³-hybridized carbons (Fsp3) is 0.273. The van der Waals surface area contributed by atoms with Crippen LogP contribution in [0.4, 0.5) is 5.69 Å². The van der Waals surface area contributed by atoms with E-state index in [-0.39, 0.29) is 0 Å². The molecule has 5 nitrogen and oxygen atoms in total. The molecule has 0 aliphatic heterocycles. The summed E-state index contributed by atoms with van der Waals surface area (Å²) < 4.78 is 6.92. The topological polar surface area (TPSA) is 66.0 Å². The van der Waals surface area contributed by atoms with Crippen molar-refractivity contribution in [1.82, 2.24) is 14.8 Å². The summed E-state index contributed by atoms with van der Waals surface area (Å²) in [5.74, 6) is 2.45. The van der Waals surface area contributed by atoms with Gasteiger partial charge in [0.2, 0.25) is 0 Å². The smallest absolute Gasteiger partial charge is 0.138 e. The summed E-state index contributed by atoms with van der Waals surface area (Å²) in [6.45, 7) is 0. The van der Waals surface area contributed by atoms with E-state index in [1.165, 1.54) is 0 Å². The zero-order valence-corrected chi connectivity index (χ0v) is 10.6. The fourth-order valence-electron chi connectivity index (χ4n) is 1.36. The summed E-state index contributed by atoms with van der Waals surface area (Å²) >= 11 is 1.62. The van der Waals surface area contributed by atoms with Crippen LogP contribution in [0.5, 0.6) is 5.75 Å². The minimum Gasteiger partial charge on any atom is -0.497 e. The Morgan fingerprint density at radius 3 is 2.94 bits per heavy atom. The molecule has 0 spiro atoms. The number of anilines is 1.